The number of benzene rings is 1. The van der Waals surface area contributed by atoms with Crippen molar-refractivity contribution in [3.63, 3.8) is 0 Å². The summed E-state index contributed by atoms with van der Waals surface area (Å²) in [6, 6.07) is 5.83. The van der Waals surface area contributed by atoms with E-state index in [1.54, 1.807) is 6.07 Å². The van der Waals surface area contributed by atoms with Crippen LogP contribution in [0.1, 0.15) is 38.2 Å². The largest absolute Gasteiger partial charge is 0.313 e. The molecule has 0 aliphatic heterocycles. The molecule has 0 aromatic heterocycles. The topological polar surface area (TPSA) is 12.0 Å². The van der Waals surface area contributed by atoms with Crippen molar-refractivity contribution in [3.8, 4) is 0 Å². The zero-order valence-electron chi connectivity index (χ0n) is 10.9. The first kappa shape index (κ1) is 14.0. The fourth-order valence-electron chi connectivity index (χ4n) is 2.50. The lowest BCUT2D eigenvalue weighted by Gasteiger charge is -2.34. The van der Waals surface area contributed by atoms with Crippen molar-refractivity contribution in [2.24, 2.45) is 5.92 Å². The minimum absolute atomic E-state index is 0.0907. The second kappa shape index (κ2) is 6.67. The lowest BCUT2D eigenvalue weighted by molar-refractivity contribution is 0.226. The van der Waals surface area contributed by atoms with Gasteiger partial charge < -0.3 is 5.32 Å². The first-order chi connectivity index (χ1) is 8.70. The summed E-state index contributed by atoms with van der Waals surface area (Å²) >= 11 is 3.30. The first-order valence-corrected chi connectivity index (χ1v) is 7.67. The van der Waals surface area contributed by atoms with E-state index in [0.29, 0.717) is 6.04 Å². The maximum Gasteiger partial charge on any atom is 0.127 e. The summed E-state index contributed by atoms with van der Waals surface area (Å²) in [5.74, 6) is 0.645. The van der Waals surface area contributed by atoms with Gasteiger partial charge in [0.1, 0.15) is 5.82 Å². The Labute approximate surface area is 117 Å². The van der Waals surface area contributed by atoms with E-state index in [9.17, 15) is 4.39 Å². The van der Waals surface area contributed by atoms with Crippen molar-refractivity contribution in [1.82, 2.24) is 5.32 Å². The van der Waals surface area contributed by atoms with E-state index in [2.05, 4.69) is 28.2 Å². The molecular weight excluding hydrogens is 293 g/mol. The van der Waals surface area contributed by atoms with Crippen LogP contribution >= 0.6 is 15.9 Å². The highest BCUT2D eigenvalue weighted by molar-refractivity contribution is 9.10. The highest BCUT2D eigenvalue weighted by Crippen LogP contribution is 2.31. The van der Waals surface area contributed by atoms with Crippen molar-refractivity contribution in [3.05, 3.63) is 34.1 Å². The van der Waals surface area contributed by atoms with Gasteiger partial charge in [0, 0.05) is 10.5 Å². The zero-order valence-corrected chi connectivity index (χ0v) is 12.5. The molecule has 18 heavy (non-hydrogen) atoms. The van der Waals surface area contributed by atoms with Crippen molar-refractivity contribution in [2.45, 2.75) is 45.1 Å². The summed E-state index contributed by atoms with van der Waals surface area (Å²) in [6.07, 6.45) is 5.85. The van der Waals surface area contributed by atoms with E-state index in [4.69, 9.17) is 0 Å². The van der Waals surface area contributed by atoms with E-state index < -0.39 is 0 Å². The van der Waals surface area contributed by atoms with Crippen molar-refractivity contribution in [1.29, 1.82) is 0 Å². The molecule has 0 bridgehead atoms. The third kappa shape index (κ3) is 3.55. The molecule has 1 nitrogen and oxygen atoms in total. The van der Waals surface area contributed by atoms with Crippen LogP contribution in [-0.2, 0) is 6.42 Å². The van der Waals surface area contributed by atoms with Crippen LogP contribution in [0.4, 0.5) is 4.39 Å². The Kier molecular flexibility index (Phi) is 5.19. The zero-order chi connectivity index (χ0) is 13.0. The SMILES string of the molecule is CCCNC(Cc1ccc(Br)cc1F)C1CCC1. The number of hydrogen-bond donors (Lipinski definition) is 1. The molecule has 0 saturated heterocycles. The molecule has 0 spiro atoms. The molecule has 1 N–H and O–H groups in total. The van der Waals surface area contributed by atoms with E-state index in [1.807, 2.05) is 12.1 Å². The van der Waals surface area contributed by atoms with Gasteiger partial charge in [-0.1, -0.05) is 35.3 Å². The Morgan fingerprint density at radius 1 is 1.44 bits per heavy atom. The Bertz CT molecular complexity index is 390. The predicted molar refractivity (Wildman–Crippen MR) is 77.2 cm³/mol. The van der Waals surface area contributed by atoms with Crippen LogP contribution in [0.15, 0.2) is 22.7 Å². The predicted octanol–water partition coefficient (Wildman–Crippen LogP) is 4.30. The maximum absolute atomic E-state index is 13.9. The quantitative estimate of drug-likeness (QED) is 0.825. The highest BCUT2D eigenvalue weighted by Gasteiger charge is 2.27. The Hall–Kier alpha value is -0.410. The monoisotopic (exact) mass is 313 g/mol. The smallest absolute Gasteiger partial charge is 0.127 e. The number of nitrogens with one attached hydrogen (secondary N) is 1. The molecule has 1 unspecified atom stereocenters. The van der Waals surface area contributed by atoms with Crippen molar-refractivity contribution in [2.75, 3.05) is 6.54 Å². The first-order valence-electron chi connectivity index (χ1n) is 6.88. The normalized spacial score (nSPS) is 17.5. The molecule has 1 fully saturated rings. The van der Waals surface area contributed by atoms with Crippen molar-refractivity contribution >= 4 is 15.9 Å². The summed E-state index contributed by atoms with van der Waals surface area (Å²) in [4.78, 5) is 0. The molecule has 1 aliphatic rings. The van der Waals surface area contributed by atoms with Crippen LogP contribution in [0, 0.1) is 11.7 Å². The second-order valence-electron chi connectivity index (χ2n) is 5.19. The number of rotatable bonds is 6. The van der Waals surface area contributed by atoms with E-state index in [0.717, 1.165) is 35.3 Å². The minimum atomic E-state index is -0.0907. The van der Waals surface area contributed by atoms with E-state index in [-0.39, 0.29) is 5.82 Å². The van der Waals surface area contributed by atoms with Gasteiger partial charge in [0.15, 0.2) is 0 Å². The summed E-state index contributed by atoms with van der Waals surface area (Å²) < 4.78 is 14.7. The molecule has 1 aromatic carbocycles. The summed E-state index contributed by atoms with van der Waals surface area (Å²) in [5.41, 5.74) is 0.832. The molecule has 0 radical (unpaired) electrons. The van der Waals surface area contributed by atoms with E-state index in [1.165, 1.54) is 19.3 Å². The van der Waals surface area contributed by atoms with Crippen LogP contribution < -0.4 is 5.32 Å². The average Bonchev–Trinajstić information content (AvgIpc) is 2.27. The van der Waals surface area contributed by atoms with Crippen LogP contribution in [0.3, 0.4) is 0 Å². The molecule has 3 heteroatoms. The molecule has 1 atom stereocenters. The molecule has 0 amide bonds. The van der Waals surface area contributed by atoms with Gasteiger partial charge in [-0.25, -0.2) is 4.39 Å². The third-order valence-corrected chi connectivity index (χ3v) is 4.32. The molecule has 0 heterocycles. The van der Waals surface area contributed by atoms with Gasteiger partial charge in [0.2, 0.25) is 0 Å². The maximum atomic E-state index is 13.9. The summed E-state index contributed by atoms with van der Waals surface area (Å²) in [6.45, 7) is 3.20. The second-order valence-corrected chi connectivity index (χ2v) is 6.11. The van der Waals surface area contributed by atoms with Gasteiger partial charge in [-0.05, 0) is 55.8 Å². The van der Waals surface area contributed by atoms with Gasteiger partial charge in [0.05, 0.1) is 0 Å². The van der Waals surface area contributed by atoms with Crippen molar-refractivity contribution < 1.29 is 4.39 Å². The highest BCUT2D eigenvalue weighted by atomic mass is 79.9. The average molecular weight is 314 g/mol. The lowest BCUT2D eigenvalue weighted by atomic mass is 9.77. The van der Waals surface area contributed by atoms with Gasteiger partial charge in [-0.15, -0.1) is 0 Å². The van der Waals surface area contributed by atoms with Gasteiger partial charge in [-0.3, -0.25) is 0 Å². The van der Waals surface area contributed by atoms with Gasteiger partial charge in [-0.2, -0.15) is 0 Å². The van der Waals surface area contributed by atoms with Gasteiger partial charge in [0.25, 0.3) is 0 Å². The number of hydrogen-bond acceptors (Lipinski definition) is 1. The van der Waals surface area contributed by atoms with Gasteiger partial charge >= 0.3 is 0 Å². The fraction of sp³-hybridized carbons (Fsp3) is 0.600. The molecule has 100 valence electrons. The lowest BCUT2D eigenvalue weighted by Crippen LogP contribution is -2.41. The Morgan fingerprint density at radius 2 is 2.22 bits per heavy atom. The Morgan fingerprint density at radius 3 is 2.78 bits per heavy atom. The number of halogens is 2. The van der Waals surface area contributed by atoms with E-state index >= 15 is 0 Å². The standard InChI is InChI=1S/C15H21BrFN/c1-2-8-18-15(11-4-3-5-11)9-12-6-7-13(16)10-14(12)17/h6-7,10-11,15,18H,2-5,8-9H2,1H3. The fourth-order valence-corrected chi connectivity index (χ4v) is 2.83. The molecule has 1 aromatic rings. The minimum Gasteiger partial charge on any atom is -0.313 e. The molecule has 1 saturated carbocycles. The summed E-state index contributed by atoms with van der Waals surface area (Å²) in [5, 5.41) is 3.58. The molecular formula is C15H21BrFN. The van der Waals surface area contributed by atoms with Crippen LogP contribution in [0.25, 0.3) is 0 Å². The Balaban J connectivity index is 2.02. The van der Waals surface area contributed by atoms with Crippen LogP contribution in [-0.4, -0.2) is 12.6 Å². The third-order valence-electron chi connectivity index (χ3n) is 3.83. The van der Waals surface area contributed by atoms with Crippen LogP contribution in [0.2, 0.25) is 0 Å². The molecule has 2 rings (SSSR count). The summed E-state index contributed by atoms with van der Waals surface area (Å²) in [7, 11) is 0. The molecule has 1 aliphatic carbocycles. The van der Waals surface area contributed by atoms with Crippen LogP contribution in [0.5, 0.6) is 0 Å².